The molecule has 5 nitrogen and oxygen atoms in total. The Kier molecular flexibility index (Phi) is 6.28. The summed E-state index contributed by atoms with van der Waals surface area (Å²) in [5.41, 5.74) is 0.831. The van der Waals surface area contributed by atoms with Crippen LogP contribution in [0.5, 0.6) is 5.75 Å². The molecular weight excluding hydrogens is 318 g/mol. The van der Waals surface area contributed by atoms with E-state index in [-0.39, 0.29) is 18.6 Å². The van der Waals surface area contributed by atoms with Gasteiger partial charge < -0.3 is 14.8 Å². The molecule has 0 aliphatic heterocycles. The Bertz CT molecular complexity index is 570. The summed E-state index contributed by atoms with van der Waals surface area (Å²) in [6.45, 7) is 3.16. The highest BCUT2D eigenvalue weighted by Crippen LogP contribution is 2.21. The molecule has 1 aromatic rings. The van der Waals surface area contributed by atoms with E-state index in [2.05, 4.69) is 5.32 Å². The molecule has 0 bridgehead atoms. The third kappa shape index (κ3) is 5.43. The lowest BCUT2D eigenvalue weighted by molar-refractivity contribution is -0.156. The molecule has 1 N–H and O–H groups in total. The summed E-state index contributed by atoms with van der Waals surface area (Å²) in [5, 5.41) is 3.51. The van der Waals surface area contributed by atoms with Gasteiger partial charge in [0.25, 0.3) is 5.91 Å². The zero-order valence-electron chi connectivity index (χ0n) is 13.4. The van der Waals surface area contributed by atoms with Gasteiger partial charge in [0.2, 0.25) is 0 Å². The van der Waals surface area contributed by atoms with Crippen LogP contribution in [0.4, 0.5) is 0 Å². The standard InChI is InChI=1S/C17H22ClNO4/c1-11-9-13(18)7-8-15(11)22-10-16(20)23-12(2)17(21)19-14-5-3-4-6-14/h7-9,12,14H,3-6,10H2,1-2H3,(H,19,21)/t12-/m1/s1. The second-order valence-electron chi connectivity index (χ2n) is 5.82. The number of ether oxygens (including phenoxy) is 2. The molecule has 0 saturated heterocycles. The summed E-state index contributed by atoms with van der Waals surface area (Å²) < 4.78 is 10.5. The van der Waals surface area contributed by atoms with E-state index in [1.165, 1.54) is 0 Å². The van der Waals surface area contributed by atoms with Gasteiger partial charge in [0.05, 0.1) is 0 Å². The summed E-state index contributed by atoms with van der Waals surface area (Å²) in [6, 6.07) is 5.34. The molecule has 1 aromatic carbocycles. The number of amides is 1. The van der Waals surface area contributed by atoms with Crippen LogP contribution in [-0.4, -0.2) is 30.6 Å². The Morgan fingerprint density at radius 3 is 2.70 bits per heavy atom. The molecule has 1 aliphatic carbocycles. The summed E-state index contributed by atoms with van der Waals surface area (Å²) in [6.07, 6.45) is 3.43. The van der Waals surface area contributed by atoms with Crippen molar-refractivity contribution in [2.75, 3.05) is 6.61 Å². The minimum absolute atomic E-state index is 0.205. The lowest BCUT2D eigenvalue weighted by atomic mass is 10.2. The summed E-state index contributed by atoms with van der Waals surface area (Å²) in [5.74, 6) is -0.268. The molecular formula is C17H22ClNO4. The van der Waals surface area contributed by atoms with Crippen molar-refractivity contribution in [3.63, 3.8) is 0 Å². The maximum atomic E-state index is 12.0. The SMILES string of the molecule is Cc1cc(Cl)ccc1OCC(=O)O[C@H](C)C(=O)NC1CCCC1. The van der Waals surface area contributed by atoms with Gasteiger partial charge >= 0.3 is 5.97 Å². The van der Waals surface area contributed by atoms with Crippen LogP contribution in [0, 0.1) is 6.92 Å². The number of aryl methyl sites for hydroxylation is 1. The molecule has 0 unspecified atom stereocenters. The van der Waals surface area contributed by atoms with Crippen LogP contribution < -0.4 is 10.1 Å². The fraction of sp³-hybridized carbons (Fsp3) is 0.529. The molecule has 126 valence electrons. The van der Waals surface area contributed by atoms with Crippen molar-refractivity contribution < 1.29 is 19.1 Å². The van der Waals surface area contributed by atoms with Crippen molar-refractivity contribution in [2.24, 2.45) is 0 Å². The van der Waals surface area contributed by atoms with Gasteiger partial charge in [0.1, 0.15) is 5.75 Å². The topological polar surface area (TPSA) is 64.6 Å². The number of halogens is 1. The number of esters is 1. The molecule has 1 fully saturated rings. The molecule has 2 rings (SSSR count). The van der Waals surface area contributed by atoms with Crippen molar-refractivity contribution >= 4 is 23.5 Å². The number of hydrogen-bond donors (Lipinski definition) is 1. The first-order chi connectivity index (χ1) is 11.0. The Hall–Kier alpha value is -1.75. The van der Waals surface area contributed by atoms with E-state index in [0.29, 0.717) is 10.8 Å². The molecule has 0 spiro atoms. The Balaban J connectivity index is 1.75. The van der Waals surface area contributed by atoms with Crippen molar-refractivity contribution in [1.82, 2.24) is 5.32 Å². The first-order valence-corrected chi connectivity index (χ1v) is 8.22. The maximum Gasteiger partial charge on any atom is 0.344 e. The van der Waals surface area contributed by atoms with Crippen molar-refractivity contribution in [3.8, 4) is 5.75 Å². The van der Waals surface area contributed by atoms with E-state index in [0.717, 1.165) is 31.2 Å². The third-order valence-corrected chi connectivity index (χ3v) is 4.10. The molecule has 0 heterocycles. The van der Waals surface area contributed by atoms with E-state index in [1.807, 2.05) is 6.92 Å². The van der Waals surface area contributed by atoms with Gasteiger partial charge in [-0.05, 0) is 50.5 Å². The molecule has 1 aliphatic rings. The number of rotatable bonds is 6. The summed E-state index contributed by atoms with van der Waals surface area (Å²) in [4.78, 5) is 23.7. The number of nitrogens with one attached hydrogen (secondary N) is 1. The zero-order valence-corrected chi connectivity index (χ0v) is 14.2. The average Bonchev–Trinajstić information content (AvgIpc) is 2.99. The monoisotopic (exact) mass is 339 g/mol. The van der Waals surface area contributed by atoms with Crippen LogP contribution in [0.15, 0.2) is 18.2 Å². The largest absolute Gasteiger partial charge is 0.482 e. The first-order valence-electron chi connectivity index (χ1n) is 7.84. The molecule has 1 saturated carbocycles. The second kappa shape index (κ2) is 8.20. The highest BCUT2D eigenvalue weighted by molar-refractivity contribution is 6.30. The third-order valence-electron chi connectivity index (χ3n) is 3.86. The van der Waals surface area contributed by atoms with Crippen LogP contribution in [0.25, 0.3) is 0 Å². The maximum absolute atomic E-state index is 12.0. The first kappa shape index (κ1) is 17.6. The van der Waals surface area contributed by atoms with Gasteiger partial charge in [-0.25, -0.2) is 4.79 Å². The van der Waals surface area contributed by atoms with E-state index >= 15 is 0 Å². The summed E-state index contributed by atoms with van der Waals surface area (Å²) >= 11 is 5.86. The molecule has 1 atom stereocenters. The molecule has 23 heavy (non-hydrogen) atoms. The van der Waals surface area contributed by atoms with Crippen LogP contribution >= 0.6 is 11.6 Å². The van der Waals surface area contributed by atoms with Gasteiger partial charge in [-0.2, -0.15) is 0 Å². The predicted octanol–water partition coefficient (Wildman–Crippen LogP) is 3.02. The highest BCUT2D eigenvalue weighted by Gasteiger charge is 2.23. The van der Waals surface area contributed by atoms with Gasteiger partial charge in [-0.3, -0.25) is 4.79 Å². The van der Waals surface area contributed by atoms with Crippen molar-refractivity contribution in [2.45, 2.75) is 51.7 Å². The average molecular weight is 340 g/mol. The quantitative estimate of drug-likeness (QED) is 0.809. The predicted molar refractivity (Wildman–Crippen MR) is 87.6 cm³/mol. The minimum Gasteiger partial charge on any atom is -0.482 e. The van der Waals surface area contributed by atoms with Crippen LogP contribution in [-0.2, 0) is 14.3 Å². The van der Waals surface area contributed by atoms with Gasteiger partial charge in [-0.1, -0.05) is 24.4 Å². The lowest BCUT2D eigenvalue weighted by Gasteiger charge is -2.17. The van der Waals surface area contributed by atoms with E-state index in [1.54, 1.807) is 25.1 Å². The number of carbonyl (C=O) groups is 2. The Labute approximate surface area is 141 Å². The van der Waals surface area contributed by atoms with Gasteiger partial charge in [0, 0.05) is 11.1 Å². The van der Waals surface area contributed by atoms with E-state index in [4.69, 9.17) is 21.1 Å². The number of hydrogen-bond acceptors (Lipinski definition) is 4. The lowest BCUT2D eigenvalue weighted by Crippen LogP contribution is -2.41. The van der Waals surface area contributed by atoms with E-state index in [9.17, 15) is 9.59 Å². The van der Waals surface area contributed by atoms with Crippen molar-refractivity contribution in [3.05, 3.63) is 28.8 Å². The smallest absolute Gasteiger partial charge is 0.344 e. The van der Waals surface area contributed by atoms with Crippen molar-refractivity contribution in [1.29, 1.82) is 0 Å². The zero-order chi connectivity index (χ0) is 16.8. The highest BCUT2D eigenvalue weighted by atomic mass is 35.5. The van der Waals surface area contributed by atoms with Crippen LogP contribution in [0.2, 0.25) is 5.02 Å². The number of benzene rings is 1. The second-order valence-corrected chi connectivity index (χ2v) is 6.26. The molecule has 0 aromatic heterocycles. The van der Waals surface area contributed by atoms with Gasteiger partial charge in [0.15, 0.2) is 12.7 Å². The van der Waals surface area contributed by atoms with Crippen LogP contribution in [0.3, 0.4) is 0 Å². The fourth-order valence-corrected chi connectivity index (χ4v) is 2.81. The molecule has 6 heteroatoms. The number of carbonyl (C=O) groups excluding carboxylic acids is 2. The Morgan fingerprint density at radius 2 is 2.04 bits per heavy atom. The van der Waals surface area contributed by atoms with E-state index < -0.39 is 12.1 Å². The minimum atomic E-state index is -0.821. The fourth-order valence-electron chi connectivity index (χ4n) is 2.58. The molecule has 0 radical (unpaired) electrons. The molecule has 1 amide bonds. The Morgan fingerprint density at radius 1 is 1.35 bits per heavy atom. The van der Waals surface area contributed by atoms with Gasteiger partial charge in [-0.15, -0.1) is 0 Å². The van der Waals surface area contributed by atoms with Crippen LogP contribution in [0.1, 0.15) is 38.2 Å². The summed E-state index contributed by atoms with van der Waals surface area (Å²) in [7, 11) is 0. The normalized spacial score (nSPS) is 16.0.